The van der Waals surface area contributed by atoms with Crippen molar-refractivity contribution in [2.45, 2.75) is 64.7 Å². The number of benzene rings is 1. The van der Waals surface area contributed by atoms with Gasteiger partial charge in [-0.05, 0) is 80.5 Å². The van der Waals surface area contributed by atoms with Crippen LogP contribution in [0.15, 0.2) is 0 Å². The molecule has 2 aliphatic rings. The lowest BCUT2D eigenvalue weighted by Gasteiger charge is -2.29. The molecule has 1 fully saturated rings. The quantitative estimate of drug-likeness (QED) is 0.888. The normalized spacial score (nSPS) is 18.7. The fourth-order valence-corrected chi connectivity index (χ4v) is 4.31. The Morgan fingerprint density at radius 1 is 1.18 bits per heavy atom. The van der Waals surface area contributed by atoms with Crippen LogP contribution in [-0.2, 0) is 17.6 Å². The topological polar surface area (TPSA) is 46.5 Å². The van der Waals surface area contributed by atoms with Gasteiger partial charge in [0.1, 0.15) is 5.75 Å². The predicted molar refractivity (Wildman–Crippen MR) is 86.8 cm³/mol. The van der Waals surface area contributed by atoms with Crippen molar-refractivity contribution in [2.24, 2.45) is 5.92 Å². The van der Waals surface area contributed by atoms with Crippen LogP contribution < -0.4 is 4.74 Å². The minimum Gasteiger partial charge on any atom is -0.496 e. The first kappa shape index (κ1) is 15.4. The summed E-state index contributed by atoms with van der Waals surface area (Å²) in [5.74, 6) is 0.883. The Labute approximate surface area is 132 Å². The first-order valence-corrected chi connectivity index (χ1v) is 8.45. The monoisotopic (exact) mass is 302 g/mol. The number of hydrogen-bond donors (Lipinski definition) is 1. The minimum absolute atomic E-state index is 0.110. The molecular weight excluding hydrogens is 276 g/mol. The molecule has 1 aromatic carbocycles. The van der Waals surface area contributed by atoms with Gasteiger partial charge in [-0.2, -0.15) is 0 Å². The zero-order chi connectivity index (χ0) is 15.9. The Morgan fingerprint density at radius 3 is 2.27 bits per heavy atom. The molecule has 0 radical (unpaired) electrons. The van der Waals surface area contributed by atoms with Crippen LogP contribution in [-0.4, -0.2) is 18.2 Å². The van der Waals surface area contributed by atoms with E-state index in [1.807, 2.05) is 0 Å². The maximum atomic E-state index is 11.4. The van der Waals surface area contributed by atoms with Crippen molar-refractivity contribution in [3.05, 3.63) is 27.8 Å². The van der Waals surface area contributed by atoms with Gasteiger partial charge in [-0.15, -0.1) is 0 Å². The summed E-state index contributed by atoms with van der Waals surface area (Å²) in [6.07, 6.45) is 7.27. The van der Waals surface area contributed by atoms with Crippen LogP contribution >= 0.6 is 0 Å². The molecule has 0 aromatic heterocycles. The molecule has 3 nitrogen and oxygen atoms in total. The number of hydrogen-bond acceptors (Lipinski definition) is 2. The SMILES string of the molecule is COc1c(C)c2c(c(C)c1C(CC(=O)O)C1CC1)CCCC2. The zero-order valence-corrected chi connectivity index (χ0v) is 13.9. The van der Waals surface area contributed by atoms with Gasteiger partial charge in [-0.3, -0.25) is 4.79 Å². The Hall–Kier alpha value is -1.51. The average Bonchev–Trinajstić information content (AvgIpc) is 3.33. The molecule has 0 amide bonds. The van der Waals surface area contributed by atoms with Gasteiger partial charge in [-0.1, -0.05) is 0 Å². The summed E-state index contributed by atoms with van der Waals surface area (Å²) in [6, 6.07) is 0. The van der Waals surface area contributed by atoms with Gasteiger partial charge in [0.2, 0.25) is 0 Å². The second kappa shape index (κ2) is 5.94. The summed E-state index contributed by atoms with van der Waals surface area (Å²) in [6.45, 7) is 4.33. The number of fused-ring (bicyclic) bond motifs is 1. The first-order chi connectivity index (χ1) is 10.5. The van der Waals surface area contributed by atoms with E-state index < -0.39 is 5.97 Å². The van der Waals surface area contributed by atoms with E-state index >= 15 is 0 Å². The number of carboxylic acids is 1. The highest BCUT2D eigenvalue weighted by Gasteiger charge is 2.37. The standard InChI is InChI=1S/C19H26O3/c1-11-14-6-4-5-7-15(14)12(2)19(22-3)18(11)16(10-17(20)21)13-8-9-13/h13,16H,4-10H2,1-3H3,(H,20,21). The van der Waals surface area contributed by atoms with Gasteiger partial charge < -0.3 is 9.84 Å². The lowest BCUT2D eigenvalue weighted by Crippen LogP contribution is -2.16. The van der Waals surface area contributed by atoms with Crippen LogP contribution in [0.1, 0.15) is 65.8 Å². The van der Waals surface area contributed by atoms with E-state index in [0.717, 1.165) is 31.4 Å². The minimum atomic E-state index is -0.700. The molecule has 3 heteroatoms. The Balaban J connectivity index is 2.16. The Bertz CT molecular complexity index is 599. The van der Waals surface area contributed by atoms with E-state index in [4.69, 9.17) is 4.74 Å². The van der Waals surface area contributed by atoms with E-state index in [9.17, 15) is 9.90 Å². The van der Waals surface area contributed by atoms with Crippen LogP contribution in [0.5, 0.6) is 5.75 Å². The van der Waals surface area contributed by atoms with Gasteiger partial charge in [-0.25, -0.2) is 0 Å². The maximum absolute atomic E-state index is 11.4. The third-order valence-corrected chi connectivity index (χ3v) is 5.52. The smallest absolute Gasteiger partial charge is 0.303 e. The van der Waals surface area contributed by atoms with Crippen molar-refractivity contribution >= 4 is 5.97 Å². The van der Waals surface area contributed by atoms with E-state index in [2.05, 4.69) is 13.8 Å². The second-order valence-electron chi connectivity index (χ2n) is 6.90. The molecule has 2 aliphatic carbocycles. The van der Waals surface area contributed by atoms with E-state index in [1.54, 1.807) is 7.11 Å². The van der Waals surface area contributed by atoms with Gasteiger partial charge in [0.05, 0.1) is 13.5 Å². The molecule has 22 heavy (non-hydrogen) atoms. The molecule has 3 rings (SSSR count). The maximum Gasteiger partial charge on any atom is 0.303 e. The van der Waals surface area contributed by atoms with E-state index in [0.29, 0.717) is 5.92 Å². The molecule has 0 spiro atoms. The zero-order valence-electron chi connectivity index (χ0n) is 13.9. The molecule has 1 unspecified atom stereocenters. The number of carboxylic acid groups (broad SMARTS) is 1. The molecule has 0 saturated heterocycles. The molecular formula is C19H26O3. The largest absolute Gasteiger partial charge is 0.496 e. The summed E-state index contributed by atoms with van der Waals surface area (Å²) < 4.78 is 5.77. The molecule has 0 bridgehead atoms. The highest BCUT2D eigenvalue weighted by Crippen LogP contribution is 2.50. The lowest BCUT2D eigenvalue weighted by molar-refractivity contribution is -0.137. The predicted octanol–water partition coefficient (Wildman–Crippen LogP) is 4.16. The van der Waals surface area contributed by atoms with Crippen molar-refractivity contribution in [2.75, 3.05) is 7.11 Å². The van der Waals surface area contributed by atoms with Crippen molar-refractivity contribution in [1.29, 1.82) is 0 Å². The van der Waals surface area contributed by atoms with Gasteiger partial charge in [0.15, 0.2) is 0 Å². The number of aliphatic carboxylic acids is 1. The van der Waals surface area contributed by atoms with Crippen LogP contribution in [0.2, 0.25) is 0 Å². The third-order valence-electron chi connectivity index (χ3n) is 5.52. The summed E-state index contributed by atoms with van der Waals surface area (Å²) >= 11 is 0. The van der Waals surface area contributed by atoms with Crippen molar-refractivity contribution in [3.8, 4) is 5.75 Å². The van der Waals surface area contributed by atoms with Gasteiger partial charge >= 0.3 is 5.97 Å². The van der Waals surface area contributed by atoms with Crippen LogP contribution in [0.25, 0.3) is 0 Å². The molecule has 120 valence electrons. The molecule has 1 atom stereocenters. The number of rotatable bonds is 5. The van der Waals surface area contributed by atoms with Crippen LogP contribution in [0.4, 0.5) is 0 Å². The van der Waals surface area contributed by atoms with E-state index in [1.165, 1.54) is 40.7 Å². The summed E-state index contributed by atoms with van der Waals surface area (Å²) in [5, 5.41) is 9.34. The highest BCUT2D eigenvalue weighted by molar-refractivity contribution is 5.69. The molecule has 0 aliphatic heterocycles. The Kier molecular flexibility index (Phi) is 4.16. The van der Waals surface area contributed by atoms with Crippen LogP contribution in [0.3, 0.4) is 0 Å². The fourth-order valence-electron chi connectivity index (χ4n) is 4.31. The molecule has 0 heterocycles. The second-order valence-corrected chi connectivity index (χ2v) is 6.90. The van der Waals surface area contributed by atoms with Crippen molar-refractivity contribution in [1.82, 2.24) is 0 Å². The van der Waals surface area contributed by atoms with Crippen molar-refractivity contribution < 1.29 is 14.6 Å². The number of carbonyl (C=O) groups is 1. The number of ether oxygens (including phenoxy) is 1. The van der Waals surface area contributed by atoms with Crippen molar-refractivity contribution in [3.63, 3.8) is 0 Å². The summed E-state index contributed by atoms with van der Waals surface area (Å²) in [4.78, 5) is 11.4. The average molecular weight is 302 g/mol. The summed E-state index contributed by atoms with van der Waals surface area (Å²) in [5.41, 5.74) is 6.65. The first-order valence-electron chi connectivity index (χ1n) is 8.45. The molecule has 1 saturated carbocycles. The number of methoxy groups -OCH3 is 1. The van der Waals surface area contributed by atoms with Gasteiger partial charge in [0.25, 0.3) is 0 Å². The lowest BCUT2D eigenvalue weighted by atomic mass is 9.78. The third kappa shape index (κ3) is 2.62. The highest BCUT2D eigenvalue weighted by atomic mass is 16.5. The van der Waals surface area contributed by atoms with E-state index in [-0.39, 0.29) is 12.3 Å². The molecule has 1 N–H and O–H groups in total. The molecule has 1 aromatic rings. The Morgan fingerprint density at radius 2 is 1.77 bits per heavy atom. The van der Waals surface area contributed by atoms with Gasteiger partial charge in [0, 0.05) is 11.5 Å². The fraction of sp³-hybridized carbons (Fsp3) is 0.632. The summed E-state index contributed by atoms with van der Waals surface area (Å²) in [7, 11) is 1.73. The van der Waals surface area contributed by atoms with Crippen LogP contribution in [0, 0.1) is 19.8 Å².